The lowest BCUT2D eigenvalue weighted by molar-refractivity contribution is 0.898. The third kappa shape index (κ3) is 3.85. The summed E-state index contributed by atoms with van der Waals surface area (Å²) in [5, 5.41) is 14.4. The molecule has 0 bridgehead atoms. The van der Waals surface area contributed by atoms with Crippen molar-refractivity contribution in [2.45, 2.75) is 26.8 Å². The molecule has 6 heteroatoms. The Bertz CT molecular complexity index is 1390. The minimum absolute atomic E-state index is 0.355. The van der Waals surface area contributed by atoms with Crippen LogP contribution in [0.25, 0.3) is 39.0 Å². The number of allylic oxidation sites excluding steroid dienone is 1. The van der Waals surface area contributed by atoms with E-state index in [4.69, 9.17) is 0 Å². The van der Waals surface area contributed by atoms with Crippen molar-refractivity contribution in [2.75, 3.05) is 5.32 Å². The second kappa shape index (κ2) is 8.48. The van der Waals surface area contributed by atoms with Crippen LogP contribution in [0.5, 0.6) is 0 Å². The summed E-state index contributed by atoms with van der Waals surface area (Å²) in [5.41, 5.74) is 8.51. The highest BCUT2D eigenvalue weighted by atomic mass is 32.1. The molecule has 5 aromatic rings. The molecule has 0 unspecified atom stereocenters. The van der Waals surface area contributed by atoms with Gasteiger partial charge in [0.15, 0.2) is 0 Å². The highest BCUT2D eigenvalue weighted by Gasteiger charge is 2.14. The van der Waals surface area contributed by atoms with Gasteiger partial charge in [0.05, 0.1) is 16.9 Å². The SMILES string of the molecule is C/C=C(\c1c[nH]c(-c2n[nH]c3ccc(-c4cncc(NC(C)C)c4)cc23)c1)c1cccs1. The van der Waals surface area contributed by atoms with E-state index in [0.29, 0.717) is 6.04 Å². The smallest absolute Gasteiger partial charge is 0.116 e. The van der Waals surface area contributed by atoms with Gasteiger partial charge in [-0.2, -0.15) is 5.10 Å². The Balaban J connectivity index is 1.52. The number of benzene rings is 1. The summed E-state index contributed by atoms with van der Waals surface area (Å²) in [6, 6.07) is 15.3. The Morgan fingerprint density at radius 3 is 2.78 bits per heavy atom. The number of pyridine rings is 1. The third-order valence-corrected chi connectivity index (χ3v) is 6.32. The molecule has 32 heavy (non-hydrogen) atoms. The van der Waals surface area contributed by atoms with Gasteiger partial charge in [-0.05, 0) is 67.6 Å². The number of nitrogens with zero attached hydrogens (tertiary/aromatic N) is 2. The fourth-order valence-corrected chi connectivity index (χ4v) is 4.80. The van der Waals surface area contributed by atoms with Crippen LogP contribution in [0.15, 0.2) is 72.5 Å². The van der Waals surface area contributed by atoms with Crippen LogP contribution < -0.4 is 5.32 Å². The Kier molecular flexibility index (Phi) is 5.37. The van der Waals surface area contributed by atoms with Crippen molar-refractivity contribution < 1.29 is 0 Å². The molecule has 160 valence electrons. The average molecular weight is 440 g/mol. The number of fused-ring (bicyclic) bond motifs is 1. The number of hydrogen-bond acceptors (Lipinski definition) is 4. The molecule has 5 nitrogen and oxygen atoms in total. The Morgan fingerprint density at radius 1 is 1.09 bits per heavy atom. The number of anilines is 1. The normalized spacial score (nSPS) is 12.1. The summed E-state index contributed by atoms with van der Waals surface area (Å²) in [5.74, 6) is 0. The number of hydrogen-bond donors (Lipinski definition) is 3. The summed E-state index contributed by atoms with van der Waals surface area (Å²) >= 11 is 1.75. The molecule has 0 aliphatic rings. The van der Waals surface area contributed by atoms with Crippen LogP contribution in [0, 0.1) is 0 Å². The number of thiophene rings is 1. The molecule has 0 fully saturated rings. The van der Waals surface area contributed by atoms with Crippen molar-refractivity contribution in [3.63, 3.8) is 0 Å². The van der Waals surface area contributed by atoms with Gasteiger partial charge in [0.25, 0.3) is 0 Å². The van der Waals surface area contributed by atoms with Crippen molar-refractivity contribution in [2.24, 2.45) is 0 Å². The zero-order valence-electron chi connectivity index (χ0n) is 18.3. The number of nitrogens with one attached hydrogen (secondary N) is 3. The predicted octanol–water partition coefficient (Wildman–Crippen LogP) is 6.95. The van der Waals surface area contributed by atoms with E-state index in [1.165, 1.54) is 10.5 Å². The zero-order chi connectivity index (χ0) is 22.1. The van der Waals surface area contributed by atoms with E-state index >= 15 is 0 Å². The highest BCUT2D eigenvalue weighted by molar-refractivity contribution is 7.11. The number of aromatic amines is 2. The Hall–Kier alpha value is -3.64. The second-order valence-corrected chi connectivity index (χ2v) is 9.02. The zero-order valence-corrected chi connectivity index (χ0v) is 19.1. The van der Waals surface area contributed by atoms with E-state index in [-0.39, 0.29) is 0 Å². The first kappa shape index (κ1) is 20.3. The van der Waals surface area contributed by atoms with Gasteiger partial charge in [-0.1, -0.05) is 18.2 Å². The van der Waals surface area contributed by atoms with E-state index in [2.05, 4.69) is 106 Å². The van der Waals surface area contributed by atoms with Gasteiger partial charge < -0.3 is 10.3 Å². The lowest BCUT2D eigenvalue weighted by Crippen LogP contribution is -2.09. The van der Waals surface area contributed by atoms with Crippen molar-refractivity contribution in [1.29, 1.82) is 0 Å². The van der Waals surface area contributed by atoms with Crippen LogP contribution in [0.1, 0.15) is 31.2 Å². The molecule has 4 aromatic heterocycles. The maximum absolute atomic E-state index is 4.62. The molecule has 0 saturated carbocycles. The molecule has 0 spiro atoms. The molecular formula is C26H25N5S. The summed E-state index contributed by atoms with van der Waals surface area (Å²) < 4.78 is 0. The van der Waals surface area contributed by atoms with Gasteiger partial charge >= 0.3 is 0 Å². The number of rotatable bonds is 6. The summed E-state index contributed by atoms with van der Waals surface area (Å²) in [4.78, 5) is 9.11. The van der Waals surface area contributed by atoms with Gasteiger partial charge in [-0.3, -0.25) is 10.1 Å². The van der Waals surface area contributed by atoms with Crippen LogP contribution >= 0.6 is 11.3 Å². The first-order valence-corrected chi connectivity index (χ1v) is 11.6. The van der Waals surface area contributed by atoms with E-state index in [0.717, 1.165) is 44.7 Å². The molecule has 0 radical (unpaired) electrons. The van der Waals surface area contributed by atoms with E-state index in [1.807, 2.05) is 12.4 Å². The van der Waals surface area contributed by atoms with Crippen LogP contribution in [-0.4, -0.2) is 26.2 Å². The number of H-pyrrole nitrogens is 2. The molecule has 0 atom stereocenters. The third-order valence-electron chi connectivity index (χ3n) is 5.41. The Labute approximate surface area is 191 Å². The molecule has 4 heterocycles. The summed E-state index contributed by atoms with van der Waals surface area (Å²) in [6.45, 7) is 6.33. The van der Waals surface area contributed by atoms with Crippen LogP contribution in [0.4, 0.5) is 5.69 Å². The standard InChI is InChI=1S/C26H25N5S/c1-4-21(25-6-5-9-32-25)19-12-24(28-14-19)26-22-11-17(7-8-23(22)30-31-26)18-10-20(15-27-13-18)29-16(2)3/h4-16,28-29H,1-3H3,(H,30,31)/b21-4+. The maximum Gasteiger partial charge on any atom is 0.116 e. The van der Waals surface area contributed by atoms with Gasteiger partial charge in [0.1, 0.15) is 5.69 Å². The molecule has 0 amide bonds. The van der Waals surface area contributed by atoms with Crippen molar-refractivity contribution in [3.05, 3.63) is 83.0 Å². The maximum atomic E-state index is 4.62. The average Bonchev–Trinajstić information content (AvgIpc) is 3.55. The summed E-state index contributed by atoms with van der Waals surface area (Å²) in [6.07, 6.45) is 7.97. The quantitative estimate of drug-likeness (QED) is 0.268. The fourth-order valence-electron chi connectivity index (χ4n) is 3.98. The van der Waals surface area contributed by atoms with E-state index in [1.54, 1.807) is 11.3 Å². The van der Waals surface area contributed by atoms with Crippen molar-refractivity contribution in [3.8, 4) is 22.5 Å². The predicted molar refractivity (Wildman–Crippen MR) is 135 cm³/mol. The van der Waals surface area contributed by atoms with E-state index in [9.17, 15) is 0 Å². The number of aromatic nitrogens is 4. The lowest BCUT2D eigenvalue weighted by Gasteiger charge is -2.11. The minimum Gasteiger partial charge on any atom is -0.382 e. The molecule has 1 aromatic carbocycles. The molecular weight excluding hydrogens is 414 g/mol. The van der Waals surface area contributed by atoms with E-state index < -0.39 is 0 Å². The monoisotopic (exact) mass is 439 g/mol. The first-order chi connectivity index (χ1) is 15.6. The lowest BCUT2D eigenvalue weighted by atomic mass is 10.0. The van der Waals surface area contributed by atoms with Gasteiger partial charge in [-0.15, -0.1) is 11.3 Å². The second-order valence-electron chi connectivity index (χ2n) is 8.08. The van der Waals surface area contributed by atoms with Crippen LogP contribution in [0.2, 0.25) is 0 Å². The van der Waals surface area contributed by atoms with Crippen LogP contribution in [0.3, 0.4) is 0 Å². The van der Waals surface area contributed by atoms with Crippen LogP contribution in [-0.2, 0) is 0 Å². The van der Waals surface area contributed by atoms with Crippen molar-refractivity contribution >= 4 is 33.5 Å². The molecule has 0 aliphatic carbocycles. The largest absolute Gasteiger partial charge is 0.382 e. The Morgan fingerprint density at radius 2 is 2.00 bits per heavy atom. The molecule has 3 N–H and O–H groups in total. The fraction of sp³-hybridized carbons (Fsp3) is 0.154. The molecule has 5 rings (SSSR count). The van der Waals surface area contributed by atoms with Gasteiger partial charge in [0, 0.05) is 46.0 Å². The van der Waals surface area contributed by atoms with Gasteiger partial charge in [-0.25, -0.2) is 0 Å². The summed E-state index contributed by atoms with van der Waals surface area (Å²) in [7, 11) is 0. The topological polar surface area (TPSA) is 69.4 Å². The van der Waals surface area contributed by atoms with Gasteiger partial charge in [0.2, 0.25) is 0 Å². The first-order valence-electron chi connectivity index (χ1n) is 10.7. The molecule has 0 aliphatic heterocycles. The highest BCUT2D eigenvalue weighted by Crippen LogP contribution is 2.33. The molecule has 0 saturated heterocycles. The van der Waals surface area contributed by atoms with Crippen molar-refractivity contribution in [1.82, 2.24) is 20.2 Å². The minimum atomic E-state index is 0.355.